The summed E-state index contributed by atoms with van der Waals surface area (Å²) in [5.41, 5.74) is 7.08. The Bertz CT molecular complexity index is 648. The largest absolute Gasteiger partial charge is 0.504 e. The molecule has 0 bridgehead atoms. The third-order valence-corrected chi connectivity index (χ3v) is 5.63. The molecule has 2 atom stereocenters. The summed E-state index contributed by atoms with van der Waals surface area (Å²) < 4.78 is 11.1. The van der Waals surface area contributed by atoms with Gasteiger partial charge in [-0.05, 0) is 55.2 Å². The SMILES string of the molecule is CCCCNC(=O)C(N)CCCC[C@@H](Cc1cc(O)c2c(c1)OCCO2)C(C)C. The van der Waals surface area contributed by atoms with Crippen LogP contribution in [0.15, 0.2) is 12.1 Å². The van der Waals surface area contributed by atoms with Gasteiger partial charge in [0.25, 0.3) is 0 Å². The summed E-state index contributed by atoms with van der Waals surface area (Å²) in [7, 11) is 0. The highest BCUT2D eigenvalue weighted by Gasteiger charge is 2.20. The van der Waals surface area contributed by atoms with Crippen LogP contribution in [0, 0.1) is 11.8 Å². The highest BCUT2D eigenvalue weighted by molar-refractivity contribution is 5.81. The number of carbonyl (C=O) groups excluding carboxylic acids is 1. The standard InChI is InChI=1S/C23H38N2O4/c1-4-5-10-25-23(27)19(24)9-7-6-8-18(16(2)3)13-17-14-20(26)22-21(15-17)28-11-12-29-22/h14-16,18-19,26H,4-13,24H2,1-3H3,(H,25,27)/t18-,19?/m0/s1. The summed E-state index contributed by atoms with van der Waals surface area (Å²) in [6.07, 6.45) is 6.69. The van der Waals surface area contributed by atoms with E-state index in [2.05, 4.69) is 26.1 Å². The monoisotopic (exact) mass is 406 g/mol. The van der Waals surface area contributed by atoms with Gasteiger partial charge in [0.05, 0.1) is 6.04 Å². The molecule has 0 saturated carbocycles. The normalized spacial score (nSPS) is 15.2. The molecule has 0 radical (unpaired) electrons. The van der Waals surface area contributed by atoms with Crippen LogP contribution in [-0.4, -0.2) is 36.8 Å². The molecule has 1 amide bonds. The van der Waals surface area contributed by atoms with E-state index >= 15 is 0 Å². The zero-order chi connectivity index (χ0) is 21.2. The molecule has 1 aromatic carbocycles. The average Bonchev–Trinajstić information content (AvgIpc) is 2.70. The van der Waals surface area contributed by atoms with E-state index in [-0.39, 0.29) is 11.7 Å². The molecule has 0 saturated heterocycles. The highest BCUT2D eigenvalue weighted by atomic mass is 16.6. The van der Waals surface area contributed by atoms with E-state index in [1.54, 1.807) is 6.07 Å². The Balaban J connectivity index is 1.80. The van der Waals surface area contributed by atoms with Gasteiger partial charge in [0.1, 0.15) is 13.2 Å². The van der Waals surface area contributed by atoms with Gasteiger partial charge < -0.3 is 25.6 Å². The number of ether oxygens (including phenoxy) is 2. The third kappa shape index (κ3) is 7.42. The van der Waals surface area contributed by atoms with Gasteiger partial charge in [-0.1, -0.05) is 40.0 Å². The molecule has 0 fully saturated rings. The van der Waals surface area contributed by atoms with Crippen molar-refractivity contribution in [1.29, 1.82) is 0 Å². The predicted octanol–water partition coefficient (Wildman–Crippen LogP) is 3.78. The fourth-order valence-electron chi connectivity index (χ4n) is 3.70. The van der Waals surface area contributed by atoms with Crippen LogP contribution in [-0.2, 0) is 11.2 Å². The molecule has 1 heterocycles. The number of carbonyl (C=O) groups is 1. The minimum Gasteiger partial charge on any atom is -0.504 e. The summed E-state index contributed by atoms with van der Waals surface area (Å²) in [6, 6.07) is 3.36. The first-order chi connectivity index (χ1) is 13.9. The predicted molar refractivity (Wildman–Crippen MR) is 115 cm³/mol. The maximum Gasteiger partial charge on any atom is 0.236 e. The van der Waals surface area contributed by atoms with Gasteiger partial charge in [0.15, 0.2) is 11.5 Å². The quantitative estimate of drug-likeness (QED) is 0.459. The number of rotatable bonds is 12. The molecule has 1 unspecified atom stereocenters. The number of nitrogens with two attached hydrogens (primary N) is 1. The second kappa shape index (κ2) is 11.9. The molecule has 1 aliphatic rings. The lowest BCUT2D eigenvalue weighted by atomic mass is 9.84. The van der Waals surface area contributed by atoms with Crippen LogP contribution in [0.1, 0.15) is 64.9 Å². The number of phenolic OH excluding ortho intramolecular Hbond substituents is 1. The van der Waals surface area contributed by atoms with E-state index in [4.69, 9.17) is 15.2 Å². The zero-order valence-corrected chi connectivity index (χ0v) is 18.2. The van der Waals surface area contributed by atoms with E-state index in [1.807, 2.05) is 6.07 Å². The van der Waals surface area contributed by atoms with Crippen molar-refractivity contribution in [3.05, 3.63) is 17.7 Å². The number of hydrogen-bond acceptors (Lipinski definition) is 5. The summed E-state index contributed by atoms with van der Waals surface area (Å²) in [6.45, 7) is 8.25. The van der Waals surface area contributed by atoms with Crippen LogP contribution in [0.5, 0.6) is 17.2 Å². The van der Waals surface area contributed by atoms with Gasteiger partial charge >= 0.3 is 0 Å². The molecule has 1 aliphatic heterocycles. The number of benzene rings is 1. The van der Waals surface area contributed by atoms with Crippen molar-refractivity contribution in [1.82, 2.24) is 5.32 Å². The van der Waals surface area contributed by atoms with Gasteiger partial charge in [-0.3, -0.25) is 4.79 Å². The van der Waals surface area contributed by atoms with Crippen molar-refractivity contribution in [2.45, 2.75) is 71.8 Å². The van der Waals surface area contributed by atoms with E-state index in [0.29, 0.717) is 49.5 Å². The smallest absolute Gasteiger partial charge is 0.236 e. The van der Waals surface area contributed by atoms with Crippen molar-refractivity contribution < 1.29 is 19.4 Å². The molecule has 6 heteroatoms. The van der Waals surface area contributed by atoms with Crippen molar-refractivity contribution in [2.75, 3.05) is 19.8 Å². The van der Waals surface area contributed by atoms with Crippen molar-refractivity contribution in [3.63, 3.8) is 0 Å². The lowest BCUT2D eigenvalue weighted by Crippen LogP contribution is -2.40. The zero-order valence-electron chi connectivity index (χ0n) is 18.2. The Kier molecular flexibility index (Phi) is 9.58. The molecule has 29 heavy (non-hydrogen) atoms. The molecule has 2 rings (SSSR count). The first-order valence-electron chi connectivity index (χ1n) is 11.1. The molecule has 4 N–H and O–H groups in total. The van der Waals surface area contributed by atoms with E-state index in [9.17, 15) is 9.90 Å². The number of fused-ring (bicyclic) bond motifs is 1. The number of aromatic hydroxyl groups is 1. The van der Waals surface area contributed by atoms with Crippen LogP contribution >= 0.6 is 0 Å². The highest BCUT2D eigenvalue weighted by Crippen LogP contribution is 2.40. The molecule has 0 spiro atoms. The minimum absolute atomic E-state index is 0.0365. The van der Waals surface area contributed by atoms with Crippen LogP contribution in [0.25, 0.3) is 0 Å². The van der Waals surface area contributed by atoms with E-state index < -0.39 is 6.04 Å². The first-order valence-corrected chi connectivity index (χ1v) is 11.1. The van der Waals surface area contributed by atoms with Crippen molar-refractivity contribution >= 4 is 5.91 Å². The maximum absolute atomic E-state index is 12.0. The Hall–Kier alpha value is -1.95. The van der Waals surface area contributed by atoms with Crippen molar-refractivity contribution in [2.24, 2.45) is 17.6 Å². The minimum atomic E-state index is -0.418. The number of amides is 1. The lowest BCUT2D eigenvalue weighted by molar-refractivity contribution is -0.122. The van der Waals surface area contributed by atoms with E-state index in [1.165, 1.54) is 0 Å². The molecular formula is C23H38N2O4. The van der Waals surface area contributed by atoms with Crippen LogP contribution in [0.3, 0.4) is 0 Å². The Labute approximate surface area is 175 Å². The fourth-order valence-corrected chi connectivity index (χ4v) is 3.70. The number of unbranched alkanes of at least 4 members (excludes halogenated alkanes) is 2. The second-order valence-electron chi connectivity index (χ2n) is 8.38. The number of nitrogens with one attached hydrogen (secondary N) is 1. The Morgan fingerprint density at radius 3 is 2.62 bits per heavy atom. The Morgan fingerprint density at radius 1 is 1.17 bits per heavy atom. The topological polar surface area (TPSA) is 93.8 Å². The average molecular weight is 407 g/mol. The number of hydrogen-bond donors (Lipinski definition) is 3. The van der Waals surface area contributed by atoms with Crippen LogP contribution in [0.4, 0.5) is 0 Å². The van der Waals surface area contributed by atoms with Gasteiger partial charge in [-0.15, -0.1) is 0 Å². The molecule has 164 valence electrons. The van der Waals surface area contributed by atoms with E-state index in [0.717, 1.165) is 44.1 Å². The second-order valence-corrected chi connectivity index (χ2v) is 8.38. The summed E-state index contributed by atoms with van der Waals surface area (Å²) >= 11 is 0. The third-order valence-electron chi connectivity index (χ3n) is 5.63. The maximum atomic E-state index is 12.0. The van der Waals surface area contributed by atoms with Crippen LogP contribution < -0.4 is 20.5 Å². The molecule has 1 aromatic rings. The number of phenols is 1. The van der Waals surface area contributed by atoms with Gasteiger partial charge in [0.2, 0.25) is 11.7 Å². The Morgan fingerprint density at radius 2 is 1.90 bits per heavy atom. The lowest BCUT2D eigenvalue weighted by Gasteiger charge is -2.24. The van der Waals surface area contributed by atoms with Gasteiger partial charge in [0, 0.05) is 6.54 Å². The van der Waals surface area contributed by atoms with Crippen LogP contribution in [0.2, 0.25) is 0 Å². The fraction of sp³-hybridized carbons (Fsp3) is 0.696. The van der Waals surface area contributed by atoms with Crippen molar-refractivity contribution in [3.8, 4) is 17.2 Å². The molecule has 6 nitrogen and oxygen atoms in total. The van der Waals surface area contributed by atoms with Gasteiger partial charge in [-0.25, -0.2) is 0 Å². The molecule has 0 aliphatic carbocycles. The first kappa shape index (κ1) is 23.3. The molecule has 0 aromatic heterocycles. The van der Waals surface area contributed by atoms with Gasteiger partial charge in [-0.2, -0.15) is 0 Å². The summed E-state index contributed by atoms with van der Waals surface area (Å²) in [5, 5.41) is 13.1. The molecular weight excluding hydrogens is 368 g/mol. The summed E-state index contributed by atoms with van der Waals surface area (Å²) in [4.78, 5) is 12.0. The summed E-state index contributed by atoms with van der Waals surface area (Å²) in [5.74, 6) is 2.22.